The quantitative estimate of drug-likeness (QED) is 0.745. The number of carboxylic acid groups (broad SMARTS) is 1. The van der Waals surface area contributed by atoms with Crippen LogP contribution < -0.4 is 5.32 Å². The monoisotopic (exact) mass is 362 g/mol. The fraction of sp³-hybridized carbons (Fsp3) is 0.600. The molecule has 2 N–H and O–H groups in total. The minimum atomic E-state index is -0.845. The van der Waals surface area contributed by atoms with E-state index in [1.807, 2.05) is 37.3 Å². The van der Waals surface area contributed by atoms with E-state index in [1.165, 1.54) is 0 Å². The molecule has 6 heteroatoms. The third kappa shape index (κ3) is 6.33. The van der Waals surface area contributed by atoms with Gasteiger partial charge in [-0.05, 0) is 45.1 Å². The van der Waals surface area contributed by atoms with Crippen molar-refractivity contribution in [3.8, 4) is 0 Å². The van der Waals surface area contributed by atoms with Crippen LogP contribution in [0.25, 0.3) is 0 Å². The molecule has 0 bridgehead atoms. The molecule has 1 aromatic rings. The molecule has 1 unspecified atom stereocenters. The summed E-state index contributed by atoms with van der Waals surface area (Å²) in [4.78, 5) is 25.4. The first-order chi connectivity index (χ1) is 12.4. The fourth-order valence-electron chi connectivity index (χ4n) is 3.36. The summed E-state index contributed by atoms with van der Waals surface area (Å²) >= 11 is 0. The summed E-state index contributed by atoms with van der Waals surface area (Å²) in [5.74, 6) is -0.845. The third-order valence-corrected chi connectivity index (χ3v) is 4.96. The lowest BCUT2D eigenvalue weighted by Gasteiger charge is -2.39. The van der Waals surface area contributed by atoms with Gasteiger partial charge in [-0.25, -0.2) is 4.79 Å². The van der Waals surface area contributed by atoms with E-state index >= 15 is 0 Å². The van der Waals surface area contributed by atoms with Gasteiger partial charge in [0.15, 0.2) is 0 Å². The van der Waals surface area contributed by atoms with Crippen molar-refractivity contribution in [3.63, 3.8) is 0 Å². The number of aliphatic carboxylic acids is 1. The molecule has 144 valence electrons. The zero-order valence-corrected chi connectivity index (χ0v) is 15.7. The molecule has 0 radical (unpaired) electrons. The Morgan fingerprint density at radius 1 is 1.27 bits per heavy atom. The van der Waals surface area contributed by atoms with Crippen molar-refractivity contribution in [2.45, 2.75) is 57.6 Å². The number of carbonyl (C=O) groups is 2. The summed E-state index contributed by atoms with van der Waals surface area (Å²) in [5, 5.41) is 12.0. The highest BCUT2D eigenvalue weighted by atomic mass is 16.5. The molecular weight excluding hydrogens is 332 g/mol. The summed E-state index contributed by atoms with van der Waals surface area (Å²) in [6.07, 6.45) is 2.71. The normalized spacial score (nSPS) is 17.5. The Hall–Kier alpha value is -2.08. The smallest absolute Gasteiger partial charge is 0.317 e. The number of hydrogen-bond acceptors (Lipinski definition) is 3. The van der Waals surface area contributed by atoms with E-state index in [9.17, 15) is 9.59 Å². The first-order valence-corrected chi connectivity index (χ1v) is 9.37. The summed E-state index contributed by atoms with van der Waals surface area (Å²) < 4.78 is 5.80. The second-order valence-electron chi connectivity index (χ2n) is 7.14. The van der Waals surface area contributed by atoms with E-state index in [0.29, 0.717) is 32.5 Å². The SMILES string of the molecule is CCOC1(C)CCN(C(=O)NC(CCC(=O)O)Cc2ccccc2)CC1. The third-order valence-electron chi connectivity index (χ3n) is 4.96. The maximum absolute atomic E-state index is 12.6. The van der Waals surface area contributed by atoms with Gasteiger partial charge in [-0.1, -0.05) is 30.3 Å². The van der Waals surface area contributed by atoms with Crippen LogP contribution in [-0.2, 0) is 16.0 Å². The molecule has 1 aliphatic heterocycles. The van der Waals surface area contributed by atoms with E-state index in [0.717, 1.165) is 18.4 Å². The predicted octanol–water partition coefficient (Wildman–Crippen LogP) is 3.06. The van der Waals surface area contributed by atoms with E-state index in [4.69, 9.17) is 9.84 Å². The molecule has 1 saturated heterocycles. The molecule has 1 atom stereocenters. The molecule has 6 nitrogen and oxygen atoms in total. The average molecular weight is 362 g/mol. The minimum absolute atomic E-state index is 0.0419. The number of piperidine rings is 1. The maximum atomic E-state index is 12.6. The molecule has 0 aromatic heterocycles. The van der Waals surface area contributed by atoms with Crippen LogP contribution in [0.3, 0.4) is 0 Å². The predicted molar refractivity (Wildman–Crippen MR) is 100 cm³/mol. The molecular formula is C20H30N2O4. The number of urea groups is 1. The van der Waals surface area contributed by atoms with Crippen molar-refractivity contribution in [1.29, 1.82) is 0 Å². The van der Waals surface area contributed by atoms with Crippen molar-refractivity contribution < 1.29 is 19.4 Å². The van der Waals surface area contributed by atoms with Crippen molar-refractivity contribution in [2.75, 3.05) is 19.7 Å². The number of rotatable bonds is 8. The standard InChI is InChI=1S/C20H30N2O4/c1-3-26-20(2)11-13-22(14-12-20)19(25)21-17(9-10-18(23)24)15-16-7-5-4-6-8-16/h4-8,17H,3,9-15H2,1-2H3,(H,21,25)(H,23,24). The van der Waals surface area contributed by atoms with Gasteiger partial charge in [0.25, 0.3) is 0 Å². The van der Waals surface area contributed by atoms with E-state index in [1.54, 1.807) is 4.90 Å². The number of likely N-dealkylation sites (tertiary alicyclic amines) is 1. The molecule has 0 spiro atoms. The number of carboxylic acids is 1. The number of nitrogens with one attached hydrogen (secondary N) is 1. The second kappa shape index (κ2) is 9.57. The van der Waals surface area contributed by atoms with E-state index in [-0.39, 0.29) is 24.1 Å². The minimum Gasteiger partial charge on any atom is -0.481 e. The number of hydrogen-bond donors (Lipinski definition) is 2. The molecule has 1 heterocycles. The number of ether oxygens (including phenoxy) is 1. The molecule has 1 aliphatic rings. The summed E-state index contributed by atoms with van der Waals surface area (Å²) in [7, 11) is 0. The lowest BCUT2D eigenvalue weighted by Crippen LogP contribution is -2.52. The van der Waals surface area contributed by atoms with Gasteiger partial charge in [0.2, 0.25) is 0 Å². The van der Waals surface area contributed by atoms with E-state index in [2.05, 4.69) is 12.2 Å². The first kappa shape index (κ1) is 20.2. The van der Waals surface area contributed by atoms with Gasteiger partial charge in [0, 0.05) is 32.2 Å². The molecule has 26 heavy (non-hydrogen) atoms. The summed E-state index contributed by atoms with van der Waals surface area (Å²) in [5.41, 5.74) is 0.934. The molecule has 2 amide bonds. The Morgan fingerprint density at radius 2 is 1.92 bits per heavy atom. The van der Waals surface area contributed by atoms with Gasteiger partial charge in [-0.15, -0.1) is 0 Å². The Kier molecular flexibility index (Phi) is 7.45. The van der Waals surface area contributed by atoms with Crippen LogP contribution in [-0.4, -0.2) is 53.3 Å². The van der Waals surface area contributed by atoms with Gasteiger partial charge >= 0.3 is 12.0 Å². The topological polar surface area (TPSA) is 78.9 Å². The Labute approximate surface area is 155 Å². The largest absolute Gasteiger partial charge is 0.481 e. The van der Waals surface area contributed by atoms with Crippen LogP contribution in [0.5, 0.6) is 0 Å². The number of benzene rings is 1. The first-order valence-electron chi connectivity index (χ1n) is 9.37. The van der Waals surface area contributed by atoms with Crippen LogP contribution >= 0.6 is 0 Å². The highest BCUT2D eigenvalue weighted by molar-refractivity contribution is 5.75. The van der Waals surface area contributed by atoms with Crippen LogP contribution in [0.2, 0.25) is 0 Å². The highest BCUT2D eigenvalue weighted by Gasteiger charge is 2.32. The van der Waals surface area contributed by atoms with Crippen molar-refractivity contribution in [1.82, 2.24) is 10.2 Å². The van der Waals surface area contributed by atoms with Gasteiger partial charge in [0.1, 0.15) is 0 Å². The molecule has 0 saturated carbocycles. The summed E-state index contributed by atoms with van der Waals surface area (Å²) in [6, 6.07) is 9.52. The van der Waals surface area contributed by atoms with E-state index < -0.39 is 5.97 Å². The molecule has 2 rings (SSSR count). The second-order valence-corrected chi connectivity index (χ2v) is 7.14. The van der Waals surface area contributed by atoms with Crippen LogP contribution in [0, 0.1) is 0 Å². The van der Waals surface area contributed by atoms with Crippen molar-refractivity contribution in [3.05, 3.63) is 35.9 Å². The highest BCUT2D eigenvalue weighted by Crippen LogP contribution is 2.25. The fourth-order valence-corrected chi connectivity index (χ4v) is 3.36. The van der Waals surface area contributed by atoms with Crippen molar-refractivity contribution >= 4 is 12.0 Å². The Bertz CT molecular complexity index is 583. The van der Waals surface area contributed by atoms with Gasteiger partial charge in [0.05, 0.1) is 5.60 Å². The average Bonchev–Trinajstić information content (AvgIpc) is 2.61. The van der Waals surface area contributed by atoms with Gasteiger partial charge in [-0.3, -0.25) is 4.79 Å². The molecule has 1 aromatic carbocycles. The zero-order chi connectivity index (χ0) is 19.0. The van der Waals surface area contributed by atoms with Gasteiger partial charge < -0.3 is 20.1 Å². The number of amides is 2. The maximum Gasteiger partial charge on any atom is 0.317 e. The lowest BCUT2D eigenvalue weighted by atomic mass is 9.93. The molecule has 0 aliphatic carbocycles. The van der Waals surface area contributed by atoms with Crippen LogP contribution in [0.4, 0.5) is 4.79 Å². The Morgan fingerprint density at radius 3 is 2.50 bits per heavy atom. The van der Waals surface area contributed by atoms with Crippen LogP contribution in [0.1, 0.15) is 45.1 Å². The molecule has 1 fully saturated rings. The Balaban J connectivity index is 1.92. The number of carbonyl (C=O) groups excluding carboxylic acids is 1. The van der Waals surface area contributed by atoms with Crippen LogP contribution in [0.15, 0.2) is 30.3 Å². The zero-order valence-electron chi connectivity index (χ0n) is 15.7. The lowest BCUT2D eigenvalue weighted by molar-refractivity contribution is -0.137. The summed E-state index contributed by atoms with van der Waals surface area (Å²) in [6.45, 7) is 6.06. The van der Waals surface area contributed by atoms with Gasteiger partial charge in [-0.2, -0.15) is 0 Å². The number of nitrogens with zero attached hydrogens (tertiary/aromatic N) is 1. The van der Waals surface area contributed by atoms with Crippen molar-refractivity contribution in [2.24, 2.45) is 0 Å².